The lowest BCUT2D eigenvalue weighted by atomic mass is 10.0. The molecule has 0 radical (unpaired) electrons. The summed E-state index contributed by atoms with van der Waals surface area (Å²) < 4.78 is 0. The van der Waals surface area contributed by atoms with Crippen LogP contribution >= 0.6 is 0 Å². The first-order chi connectivity index (χ1) is 21.0. The maximum absolute atomic E-state index is 13.6. The summed E-state index contributed by atoms with van der Waals surface area (Å²) in [4.78, 5) is 54.9. The Morgan fingerprint density at radius 1 is 0.674 bits per heavy atom. The van der Waals surface area contributed by atoms with Crippen LogP contribution in [0.15, 0.2) is 133 Å². The van der Waals surface area contributed by atoms with E-state index in [0.717, 1.165) is 27.1 Å². The Morgan fingerprint density at radius 2 is 1.19 bits per heavy atom. The Kier molecular flexibility index (Phi) is 6.46. The second-order valence-electron chi connectivity index (χ2n) is 10.2. The third-order valence-corrected chi connectivity index (χ3v) is 7.77. The Labute approximate surface area is 246 Å². The first kappa shape index (κ1) is 26.2. The summed E-state index contributed by atoms with van der Waals surface area (Å²) in [5, 5.41) is 3.72. The summed E-state index contributed by atoms with van der Waals surface area (Å²) >= 11 is 0. The average Bonchev–Trinajstić information content (AvgIpc) is 3.43. The number of carbonyl (C=O) groups is 3. The number of benzene rings is 4. The van der Waals surface area contributed by atoms with Gasteiger partial charge in [-0.15, -0.1) is 0 Å². The van der Waals surface area contributed by atoms with Crippen molar-refractivity contribution in [3.8, 4) is 0 Å². The molecule has 2 aliphatic rings. The molecule has 6 nitrogen and oxygen atoms in total. The summed E-state index contributed by atoms with van der Waals surface area (Å²) in [5.74, 6) is -0.500. The van der Waals surface area contributed by atoms with Crippen LogP contribution < -0.4 is 0 Å². The molecule has 0 spiro atoms. The molecular formula is C37H23NO5. The van der Waals surface area contributed by atoms with Gasteiger partial charge >= 0.3 is 0 Å². The topological polar surface area (TPSA) is 82.6 Å². The maximum atomic E-state index is 13.6. The van der Waals surface area contributed by atoms with E-state index in [1.807, 2.05) is 72.8 Å². The number of aromatic nitrogens is 1. The molecule has 0 aliphatic heterocycles. The predicted molar refractivity (Wildman–Crippen MR) is 165 cm³/mol. The summed E-state index contributed by atoms with van der Waals surface area (Å²) in [7, 11) is 1.39. The summed E-state index contributed by atoms with van der Waals surface area (Å²) in [6.07, 6.45) is 9.99. The minimum absolute atomic E-state index is 0.0870. The molecule has 0 saturated carbocycles. The number of fused-ring (bicyclic) bond motifs is 4. The zero-order valence-electron chi connectivity index (χ0n) is 23.0. The van der Waals surface area contributed by atoms with Crippen LogP contribution in [0.5, 0.6) is 0 Å². The van der Waals surface area contributed by atoms with Gasteiger partial charge in [-0.1, -0.05) is 60.7 Å². The molecule has 1 aromatic heterocycles. The largest absolute Gasteiger partial charge is 0.336 e. The number of allylic oxidation sites excluding steroid dienone is 7. The number of hydrogen-bond donors (Lipinski definition) is 0. The van der Waals surface area contributed by atoms with Gasteiger partial charge in [-0.05, 0) is 81.2 Å². The highest BCUT2D eigenvalue weighted by Gasteiger charge is 2.33. The van der Waals surface area contributed by atoms with Crippen molar-refractivity contribution in [1.29, 1.82) is 0 Å². The molecule has 0 fully saturated rings. The molecule has 0 bridgehead atoms. The molecule has 43 heavy (non-hydrogen) atoms. The SMILES string of the molecule is COOC1=C(/C=C/C(=C/C=C2C(=O)c3cc4ccccc4cc3C2=O)c2ccncc2)C(=O)c2cc3ccccc3cc21. The molecule has 0 unspecified atom stereocenters. The van der Waals surface area contributed by atoms with Crippen LogP contribution in [0.4, 0.5) is 0 Å². The van der Waals surface area contributed by atoms with Gasteiger partial charge in [0.1, 0.15) is 0 Å². The molecule has 1 heterocycles. The first-order valence-electron chi connectivity index (χ1n) is 13.7. The fourth-order valence-corrected chi connectivity index (χ4v) is 5.63. The van der Waals surface area contributed by atoms with Crippen molar-refractivity contribution in [2.75, 3.05) is 7.11 Å². The van der Waals surface area contributed by atoms with E-state index in [0.29, 0.717) is 39.2 Å². The van der Waals surface area contributed by atoms with Crippen molar-refractivity contribution in [2.45, 2.75) is 0 Å². The molecule has 0 atom stereocenters. The lowest BCUT2D eigenvalue weighted by Gasteiger charge is -2.06. The smallest absolute Gasteiger partial charge is 0.197 e. The van der Waals surface area contributed by atoms with E-state index in [1.165, 1.54) is 7.11 Å². The van der Waals surface area contributed by atoms with Crippen LogP contribution in [0.25, 0.3) is 32.9 Å². The van der Waals surface area contributed by atoms with Crippen LogP contribution in [0.3, 0.4) is 0 Å². The normalized spacial score (nSPS) is 14.8. The molecule has 206 valence electrons. The van der Waals surface area contributed by atoms with Gasteiger partial charge in [-0.3, -0.25) is 19.4 Å². The summed E-state index contributed by atoms with van der Waals surface area (Å²) in [6.45, 7) is 0. The van der Waals surface area contributed by atoms with E-state index in [2.05, 4.69) is 4.98 Å². The zero-order valence-corrected chi connectivity index (χ0v) is 23.0. The maximum Gasteiger partial charge on any atom is 0.197 e. The zero-order chi connectivity index (χ0) is 29.5. The molecule has 2 aliphatic carbocycles. The van der Waals surface area contributed by atoms with Gasteiger partial charge in [0, 0.05) is 34.6 Å². The van der Waals surface area contributed by atoms with Gasteiger partial charge < -0.3 is 4.89 Å². The molecule has 0 N–H and O–H groups in total. The van der Waals surface area contributed by atoms with E-state index in [4.69, 9.17) is 9.78 Å². The third kappa shape index (κ3) is 4.51. The highest BCUT2D eigenvalue weighted by Crippen LogP contribution is 2.38. The van der Waals surface area contributed by atoms with Crippen LogP contribution in [-0.2, 0) is 9.78 Å². The van der Waals surface area contributed by atoms with Crippen LogP contribution in [0, 0.1) is 0 Å². The lowest BCUT2D eigenvalue weighted by molar-refractivity contribution is -0.208. The fraction of sp³-hybridized carbons (Fsp3) is 0.0270. The van der Waals surface area contributed by atoms with E-state index < -0.39 is 0 Å². The Hall–Kier alpha value is -5.72. The average molecular weight is 562 g/mol. The Morgan fingerprint density at radius 3 is 1.72 bits per heavy atom. The Balaban J connectivity index is 1.30. The second-order valence-corrected chi connectivity index (χ2v) is 10.2. The highest BCUT2D eigenvalue weighted by atomic mass is 17.2. The molecule has 4 aromatic carbocycles. The highest BCUT2D eigenvalue weighted by molar-refractivity contribution is 6.40. The molecule has 6 heteroatoms. The number of carbonyl (C=O) groups excluding carboxylic acids is 3. The van der Waals surface area contributed by atoms with E-state index in [9.17, 15) is 14.4 Å². The van der Waals surface area contributed by atoms with Gasteiger partial charge in [-0.25, -0.2) is 0 Å². The number of ketones is 3. The molecule has 0 amide bonds. The van der Waals surface area contributed by atoms with Crippen molar-refractivity contribution in [3.63, 3.8) is 0 Å². The van der Waals surface area contributed by atoms with Crippen molar-refractivity contribution in [3.05, 3.63) is 161 Å². The van der Waals surface area contributed by atoms with Crippen molar-refractivity contribution in [1.82, 2.24) is 4.98 Å². The summed E-state index contributed by atoms with van der Waals surface area (Å²) in [6, 6.07) is 26.4. The second kappa shape index (κ2) is 10.6. The fourth-order valence-electron chi connectivity index (χ4n) is 5.63. The van der Waals surface area contributed by atoms with Gasteiger partial charge in [0.2, 0.25) is 0 Å². The molecule has 7 rings (SSSR count). The van der Waals surface area contributed by atoms with Gasteiger partial charge in [0.05, 0.1) is 18.3 Å². The number of nitrogens with zero attached hydrogens (tertiary/aromatic N) is 1. The predicted octanol–water partition coefficient (Wildman–Crippen LogP) is 7.52. The number of Topliss-reactive ketones (excluding diaryl/α,β-unsaturated/α-hetero) is 3. The van der Waals surface area contributed by atoms with Crippen LogP contribution in [-0.4, -0.2) is 29.4 Å². The number of hydrogen-bond acceptors (Lipinski definition) is 6. The first-order valence-corrected chi connectivity index (χ1v) is 13.7. The molecule has 0 saturated heterocycles. The minimum Gasteiger partial charge on any atom is -0.336 e. The summed E-state index contributed by atoms with van der Waals surface area (Å²) in [5.41, 5.74) is 3.83. The van der Waals surface area contributed by atoms with E-state index in [1.54, 1.807) is 48.8 Å². The molecule has 5 aromatic rings. The van der Waals surface area contributed by atoms with Crippen LogP contribution in [0.1, 0.15) is 42.2 Å². The van der Waals surface area contributed by atoms with Crippen molar-refractivity contribution < 1.29 is 24.2 Å². The third-order valence-electron chi connectivity index (χ3n) is 7.77. The van der Waals surface area contributed by atoms with Gasteiger partial charge in [0.25, 0.3) is 0 Å². The van der Waals surface area contributed by atoms with E-state index in [-0.39, 0.29) is 22.9 Å². The lowest BCUT2D eigenvalue weighted by Crippen LogP contribution is -2.00. The van der Waals surface area contributed by atoms with Crippen molar-refractivity contribution >= 4 is 50.2 Å². The minimum atomic E-state index is -0.313. The molecular weight excluding hydrogens is 538 g/mol. The number of pyridine rings is 1. The van der Waals surface area contributed by atoms with Crippen molar-refractivity contribution in [2.24, 2.45) is 0 Å². The number of rotatable bonds is 6. The Bertz CT molecular complexity index is 2080. The van der Waals surface area contributed by atoms with Gasteiger partial charge in [0.15, 0.2) is 23.1 Å². The van der Waals surface area contributed by atoms with Crippen LogP contribution in [0.2, 0.25) is 0 Å². The quantitative estimate of drug-likeness (QED) is 0.0701. The monoisotopic (exact) mass is 561 g/mol. The standard InChI is InChI=1S/C37H23NO5/c1-42-43-37-29(36(41)32-20-26-8-4-5-9-27(26)21-33(32)37)13-11-22(23-14-16-38-17-15-23)10-12-28-34(39)30-18-24-6-2-3-7-25(24)19-31(30)35(28)40/h2-21H,1H3/b13-11+,22-10-. The van der Waals surface area contributed by atoms with Gasteiger partial charge in [-0.2, -0.15) is 4.89 Å². The van der Waals surface area contributed by atoms with E-state index >= 15 is 0 Å².